The summed E-state index contributed by atoms with van der Waals surface area (Å²) in [7, 11) is 1.62. The molecule has 15 heavy (non-hydrogen) atoms. The Morgan fingerprint density at radius 2 is 2.20 bits per heavy atom. The van der Waals surface area contributed by atoms with E-state index in [1.165, 1.54) is 0 Å². The molecule has 0 spiro atoms. The Morgan fingerprint density at radius 1 is 1.53 bits per heavy atom. The summed E-state index contributed by atoms with van der Waals surface area (Å²) in [4.78, 5) is 0. The Bertz CT molecular complexity index is 309. The van der Waals surface area contributed by atoms with Gasteiger partial charge in [0.2, 0.25) is 0 Å². The molecule has 0 aliphatic carbocycles. The highest BCUT2D eigenvalue weighted by molar-refractivity contribution is 9.10. The van der Waals surface area contributed by atoms with Crippen molar-refractivity contribution in [3.63, 3.8) is 0 Å². The predicted molar refractivity (Wildman–Crippen MR) is 66.7 cm³/mol. The zero-order valence-electron chi connectivity index (χ0n) is 8.44. The van der Waals surface area contributed by atoms with Crippen LogP contribution >= 0.6 is 28.3 Å². The molecule has 0 fully saturated rings. The summed E-state index contributed by atoms with van der Waals surface area (Å²) in [6.07, 6.45) is 0.610. The second-order valence-corrected chi connectivity index (χ2v) is 4.02. The van der Waals surface area contributed by atoms with Crippen LogP contribution in [-0.2, 0) is 6.42 Å². The molecule has 0 amide bonds. The zero-order valence-corrected chi connectivity index (χ0v) is 10.8. The molecular formula is C10H15BrClNO2. The minimum Gasteiger partial charge on any atom is -0.496 e. The van der Waals surface area contributed by atoms with Crippen LogP contribution in [0.5, 0.6) is 5.75 Å². The molecule has 86 valence electrons. The second kappa shape index (κ2) is 7.06. The van der Waals surface area contributed by atoms with E-state index in [4.69, 9.17) is 15.6 Å². The monoisotopic (exact) mass is 295 g/mol. The van der Waals surface area contributed by atoms with Crippen molar-refractivity contribution in [1.29, 1.82) is 0 Å². The van der Waals surface area contributed by atoms with E-state index in [1.807, 2.05) is 18.2 Å². The fourth-order valence-corrected chi connectivity index (χ4v) is 1.66. The number of hydrogen-bond acceptors (Lipinski definition) is 3. The molecule has 3 N–H and O–H groups in total. The fraction of sp³-hybridized carbons (Fsp3) is 0.400. The predicted octanol–water partition coefficient (Wildman–Crippen LogP) is 1.74. The molecule has 3 nitrogen and oxygen atoms in total. The van der Waals surface area contributed by atoms with Gasteiger partial charge in [0.05, 0.1) is 13.7 Å². The van der Waals surface area contributed by atoms with Gasteiger partial charge < -0.3 is 15.6 Å². The Labute approximate surface area is 104 Å². The van der Waals surface area contributed by atoms with Crippen molar-refractivity contribution in [2.75, 3.05) is 13.7 Å². The van der Waals surface area contributed by atoms with Crippen molar-refractivity contribution in [1.82, 2.24) is 0 Å². The zero-order chi connectivity index (χ0) is 10.6. The average Bonchev–Trinajstić information content (AvgIpc) is 2.18. The standard InChI is InChI=1S/C10H14BrNO2.ClH/c1-14-10-3-2-8(11)4-7(10)5-9(12)6-13;/h2-4,9,13H,5-6,12H2,1H3;1H. The molecule has 1 aromatic rings. The van der Waals surface area contributed by atoms with Crippen molar-refractivity contribution >= 4 is 28.3 Å². The lowest BCUT2D eigenvalue weighted by Gasteiger charge is -2.12. The molecule has 0 aliphatic heterocycles. The van der Waals surface area contributed by atoms with Crippen LogP contribution in [0.25, 0.3) is 0 Å². The maximum absolute atomic E-state index is 8.85. The smallest absolute Gasteiger partial charge is 0.122 e. The third-order valence-electron chi connectivity index (χ3n) is 1.96. The van der Waals surface area contributed by atoms with E-state index in [0.29, 0.717) is 6.42 Å². The SMILES string of the molecule is COc1ccc(Br)cc1CC(N)CO.Cl. The molecule has 0 saturated heterocycles. The number of aliphatic hydroxyl groups is 1. The highest BCUT2D eigenvalue weighted by atomic mass is 79.9. The molecule has 0 aliphatic rings. The maximum atomic E-state index is 8.85. The van der Waals surface area contributed by atoms with Crippen LogP contribution in [0.1, 0.15) is 5.56 Å². The van der Waals surface area contributed by atoms with Gasteiger partial charge in [-0.3, -0.25) is 0 Å². The number of ether oxygens (including phenoxy) is 1. The van der Waals surface area contributed by atoms with Crippen LogP contribution in [0.15, 0.2) is 22.7 Å². The Kier molecular flexibility index (Phi) is 6.92. The molecular weight excluding hydrogens is 281 g/mol. The lowest BCUT2D eigenvalue weighted by atomic mass is 10.1. The third-order valence-corrected chi connectivity index (χ3v) is 2.45. The van der Waals surface area contributed by atoms with Crippen LogP contribution in [0.4, 0.5) is 0 Å². The van der Waals surface area contributed by atoms with Gasteiger partial charge >= 0.3 is 0 Å². The van der Waals surface area contributed by atoms with E-state index in [9.17, 15) is 0 Å². The van der Waals surface area contributed by atoms with E-state index in [0.717, 1.165) is 15.8 Å². The summed E-state index contributed by atoms with van der Waals surface area (Å²) in [5.41, 5.74) is 6.66. The summed E-state index contributed by atoms with van der Waals surface area (Å²) in [5, 5.41) is 8.85. The van der Waals surface area contributed by atoms with Crippen LogP contribution in [0, 0.1) is 0 Å². The first-order chi connectivity index (χ1) is 6.67. The quantitative estimate of drug-likeness (QED) is 0.890. The number of halogens is 2. The maximum Gasteiger partial charge on any atom is 0.122 e. The number of nitrogens with two attached hydrogens (primary N) is 1. The highest BCUT2D eigenvalue weighted by Gasteiger charge is 2.08. The Balaban J connectivity index is 0.00000196. The van der Waals surface area contributed by atoms with Gasteiger partial charge in [0.25, 0.3) is 0 Å². The third kappa shape index (κ3) is 4.38. The molecule has 1 aromatic carbocycles. The van der Waals surface area contributed by atoms with Crippen molar-refractivity contribution in [3.05, 3.63) is 28.2 Å². The number of hydrogen-bond donors (Lipinski definition) is 2. The van der Waals surface area contributed by atoms with Gasteiger partial charge in [-0.15, -0.1) is 12.4 Å². The summed E-state index contributed by atoms with van der Waals surface area (Å²) < 4.78 is 6.17. The van der Waals surface area contributed by atoms with E-state index in [1.54, 1.807) is 7.11 Å². The van der Waals surface area contributed by atoms with Gasteiger partial charge in [-0.25, -0.2) is 0 Å². The molecule has 0 radical (unpaired) electrons. The topological polar surface area (TPSA) is 55.5 Å². The van der Waals surface area contributed by atoms with Gasteiger partial charge in [-0.1, -0.05) is 15.9 Å². The number of aliphatic hydroxyl groups excluding tert-OH is 1. The molecule has 1 unspecified atom stereocenters. The van der Waals surface area contributed by atoms with Crippen molar-refractivity contribution < 1.29 is 9.84 Å². The molecule has 1 rings (SSSR count). The first-order valence-corrected chi connectivity index (χ1v) is 5.15. The fourth-order valence-electron chi connectivity index (χ4n) is 1.25. The lowest BCUT2D eigenvalue weighted by Crippen LogP contribution is -2.27. The molecule has 1 atom stereocenters. The first-order valence-electron chi connectivity index (χ1n) is 4.36. The molecule has 5 heteroatoms. The molecule has 0 heterocycles. The molecule has 0 saturated carbocycles. The lowest BCUT2D eigenvalue weighted by molar-refractivity contribution is 0.264. The molecule has 0 bridgehead atoms. The van der Waals surface area contributed by atoms with Gasteiger partial charge in [0.1, 0.15) is 5.75 Å². The van der Waals surface area contributed by atoms with Gasteiger partial charge in [-0.05, 0) is 30.2 Å². The minimum absolute atomic E-state index is 0. The van der Waals surface area contributed by atoms with E-state index < -0.39 is 0 Å². The Morgan fingerprint density at radius 3 is 2.73 bits per heavy atom. The summed E-state index contributed by atoms with van der Waals surface area (Å²) in [6, 6.07) is 5.50. The minimum atomic E-state index is -0.238. The van der Waals surface area contributed by atoms with Crippen LogP contribution in [0.2, 0.25) is 0 Å². The van der Waals surface area contributed by atoms with Crippen LogP contribution in [0.3, 0.4) is 0 Å². The van der Waals surface area contributed by atoms with E-state index in [2.05, 4.69) is 15.9 Å². The largest absolute Gasteiger partial charge is 0.496 e. The normalized spacial score (nSPS) is 11.7. The van der Waals surface area contributed by atoms with Crippen LogP contribution in [-0.4, -0.2) is 24.9 Å². The van der Waals surface area contributed by atoms with Crippen LogP contribution < -0.4 is 10.5 Å². The molecule has 0 aromatic heterocycles. The van der Waals surface area contributed by atoms with Gasteiger partial charge in [0, 0.05) is 10.5 Å². The first kappa shape index (κ1) is 14.7. The summed E-state index contributed by atoms with van der Waals surface area (Å²) >= 11 is 3.38. The van der Waals surface area contributed by atoms with E-state index >= 15 is 0 Å². The van der Waals surface area contributed by atoms with Crippen molar-refractivity contribution in [2.24, 2.45) is 5.73 Å². The number of methoxy groups -OCH3 is 1. The average molecular weight is 297 g/mol. The summed E-state index contributed by atoms with van der Waals surface area (Å²) in [5.74, 6) is 0.803. The van der Waals surface area contributed by atoms with Gasteiger partial charge in [0.15, 0.2) is 0 Å². The Hall–Kier alpha value is -0.290. The van der Waals surface area contributed by atoms with Crippen molar-refractivity contribution in [2.45, 2.75) is 12.5 Å². The van der Waals surface area contributed by atoms with Crippen molar-refractivity contribution in [3.8, 4) is 5.75 Å². The van der Waals surface area contributed by atoms with E-state index in [-0.39, 0.29) is 25.1 Å². The highest BCUT2D eigenvalue weighted by Crippen LogP contribution is 2.23. The van der Waals surface area contributed by atoms with Gasteiger partial charge in [-0.2, -0.15) is 0 Å². The second-order valence-electron chi connectivity index (χ2n) is 3.10. The number of benzene rings is 1. The number of rotatable bonds is 4. The summed E-state index contributed by atoms with van der Waals surface area (Å²) in [6.45, 7) is -0.0182.